The fourth-order valence-electron chi connectivity index (χ4n) is 1.90. The van der Waals surface area contributed by atoms with E-state index in [2.05, 4.69) is 26.0 Å². The molecule has 0 aliphatic heterocycles. The molecule has 0 amide bonds. The Labute approximate surface area is 73.0 Å². The van der Waals surface area contributed by atoms with E-state index in [1.165, 1.54) is 22.3 Å². The fourth-order valence-corrected chi connectivity index (χ4v) is 1.90. The molecule has 64 valence electrons. The van der Waals surface area contributed by atoms with Gasteiger partial charge in [0.15, 0.2) is 0 Å². The van der Waals surface area contributed by atoms with Gasteiger partial charge in [-0.1, -0.05) is 12.1 Å². The van der Waals surface area contributed by atoms with E-state index in [0.717, 1.165) is 12.8 Å². The molecule has 0 aromatic heterocycles. The van der Waals surface area contributed by atoms with Crippen molar-refractivity contribution in [2.75, 3.05) is 0 Å². The van der Waals surface area contributed by atoms with Gasteiger partial charge in [-0.25, -0.2) is 0 Å². The summed E-state index contributed by atoms with van der Waals surface area (Å²) in [4.78, 5) is 0. The van der Waals surface area contributed by atoms with Crippen LogP contribution in [0.5, 0.6) is 0 Å². The second-order valence-electron chi connectivity index (χ2n) is 3.77. The Morgan fingerprint density at radius 1 is 1.08 bits per heavy atom. The van der Waals surface area contributed by atoms with E-state index in [-0.39, 0.29) is 6.10 Å². The normalized spacial score (nSPS) is 16.6. The molecule has 1 nitrogen and oxygen atoms in total. The third kappa shape index (κ3) is 1.14. The molecule has 0 radical (unpaired) electrons. The van der Waals surface area contributed by atoms with Crippen molar-refractivity contribution in [1.29, 1.82) is 0 Å². The summed E-state index contributed by atoms with van der Waals surface area (Å²) in [6.45, 7) is 4.25. The maximum atomic E-state index is 9.43. The van der Waals surface area contributed by atoms with E-state index in [9.17, 15) is 5.11 Å². The Bertz CT molecular complexity index is 284. The van der Waals surface area contributed by atoms with Gasteiger partial charge < -0.3 is 5.11 Å². The smallest absolute Gasteiger partial charge is 0.0621 e. The second kappa shape index (κ2) is 2.60. The van der Waals surface area contributed by atoms with Crippen molar-refractivity contribution in [3.63, 3.8) is 0 Å². The summed E-state index contributed by atoms with van der Waals surface area (Å²) < 4.78 is 0. The van der Waals surface area contributed by atoms with E-state index >= 15 is 0 Å². The van der Waals surface area contributed by atoms with E-state index in [1.54, 1.807) is 0 Å². The molecule has 0 bridgehead atoms. The first-order valence-corrected chi connectivity index (χ1v) is 4.44. The van der Waals surface area contributed by atoms with Crippen LogP contribution in [0.15, 0.2) is 12.1 Å². The summed E-state index contributed by atoms with van der Waals surface area (Å²) in [6, 6.07) is 4.42. The van der Waals surface area contributed by atoms with Gasteiger partial charge in [0.05, 0.1) is 6.10 Å². The molecule has 1 heteroatoms. The Morgan fingerprint density at radius 3 is 1.92 bits per heavy atom. The molecule has 2 rings (SSSR count). The first kappa shape index (κ1) is 7.81. The standard InChI is InChI=1S/C11H14O/c1-7-3-9-5-11(12)6-10(9)4-8(7)2/h3-4,11-12H,5-6H2,1-2H3. The van der Waals surface area contributed by atoms with Crippen molar-refractivity contribution >= 4 is 0 Å². The molecule has 1 aliphatic rings. The zero-order valence-corrected chi connectivity index (χ0v) is 7.59. The lowest BCUT2D eigenvalue weighted by Gasteiger charge is -2.03. The lowest BCUT2D eigenvalue weighted by atomic mass is 10.0. The maximum absolute atomic E-state index is 9.43. The molecule has 1 aromatic rings. The van der Waals surface area contributed by atoms with Crippen molar-refractivity contribution in [3.8, 4) is 0 Å². The zero-order chi connectivity index (χ0) is 8.72. The molecule has 0 saturated heterocycles. The summed E-state index contributed by atoms with van der Waals surface area (Å²) >= 11 is 0. The summed E-state index contributed by atoms with van der Waals surface area (Å²) in [5.41, 5.74) is 5.35. The van der Waals surface area contributed by atoms with Gasteiger partial charge in [-0.15, -0.1) is 0 Å². The molecular formula is C11H14O. The third-order valence-corrected chi connectivity index (χ3v) is 2.73. The zero-order valence-electron chi connectivity index (χ0n) is 7.59. The first-order valence-electron chi connectivity index (χ1n) is 4.44. The van der Waals surface area contributed by atoms with E-state index in [4.69, 9.17) is 0 Å². The van der Waals surface area contributed by atoms with Gasteiger partial charge in [-0.05, 0) is 48.9 Å². The highest BCUT2D eigenvalue weighted by atomic mass is 16.3. The van der Waals surface area contributed by atoms with Crippen molar-refractivity contribution in [2.45, 2.75) is 32.8 Å². The Morgan fingerprint density at radius 2 is 1.50 bits per heavy atom. The molecule has 1 aromatic carbocycles. The van der Waals surface area contributed by atoms with Crippen LogP contribution >= 0.6 is 0 Å². The van der Waals surface area contributed by atoms with Gasteiger partial charge in [-0.3, -0.25) is 0 Å². The minimum atomic E-state index is -0.138. The molecule has 0 fully saturated rings. The Balaban J connectivity index is 2.48. The topological polar surface area (TPSA) is 20.2 Å². The predicted molar refractivity (Wildman–Crippen MR) is 49.3 cm³/mol. The Hall–Kier alpha value is -0.820. The molecule has 0 unspecified atom stereocenters. The van der Waals surface area contributed by atoms with Gasteiger partial charge >= 0.3 is 0 Å². The lowest BCUT2D eigenvalue weighted by molar-refractivity contribution is 0.187. The van der Waals surface area contributed by atoms with Crippen molar-refractivity contribution in [3.05, 3.63) is 34.4 Å². The van der Waals surface area contributed by atoms with Gasteiger partial charge in [0.2, 0.25) is 0 Å². The van der Waals surface area contributed by atoms with Crippen molar-refractivity contribution < 1.29 is 5.11 Å². The van der Waals surface area contributed by atoms with Crippen LogP contribution in [-0.2, 0) is 12.8 Å². The molecule has 1 N–H and O–H groups in total. The third-order valence-electron chi connectivity index (χ3n) is 2.73. The molecule has 0 spiro atoms. The van der Waals surface area contributed by atoms with E-state index in [1.807, 2.05) is 0 Å². The van der Waals surface area contributed by atoms with Gasteiger partial charge in [0, 0.05) is 0 Å². The number of aliphatic hydroxyl groups excluding tert-OH is 1. The maximum Gasteiger partial charge on any atom is 0.0621 e. The number of rotatable bonds is 0. The van der Waals surface area contributed by atoms with Crippen LogP contribution in [0.3, 0.4) is 0 Å². The van der Waals surface area contributed by atoms with Crippen LogP contribution in [0.1, 0.15) is 22.3 Å². The highest BCUT2D eigenvalue weighted by molar-refractivity contribution is 5.40. The predicted octanol–water partition coefficient (Wildman–Crippen LogP) is 1.76. The molecular weight excluding hydrogens is 148 g/mol. The van der Waals surface area contributed by atoms with Crippen LogP contribution in [-0.4, -0.2) is 11.2 Å². The average molecular weight is 162 g/mol. The number of hydrogen-bond acceptors (Lipinski definition) is 1. The summed E-state index contributed by atoms with van der Waals surface area (Å²) in [5.74, 6) is 0. The lowest BCUT2D eigenvalue weighted by Crippen LogP contribution is -2.03. The number of hydrogen-bond donors (Lipinski definition) is 1. The first-order chi connectivity index (χ1) is 5.66. The second-order valence-corrected chi connectivity index (χ2v) is 3.77. The van der Waals surface area contributed by atoms with Crippen molar-refractivity contribution in [2.24, 2.45) is 0 Å². The average Bonchev–Trinajstić information content (AvgIpc) is 2.30. The fraction of sp³-hybridized carbons (Fsp3) is 0.455. The minimum absolute atomic E-state index is 0.138. The van der Waals surface area contributed by atoms with Gasteiger partial charge in [-0.2, -0.15) is 0 Å². The van der Waals surface area contributed by atoms with Crippen molar-refractivity contribution in [1.82, 2.24) is 0 Å². The Kier molecular flexibility index (Phi) is 1.69. The monoisotopic (exact) mass is 162 g/mol. The molecule has 12 heavy (non-hydrogen) atoms. The van der Waals surface area contributed by atoms with E-state index < -0.39 is 0 Å². The number of benzene rings is 1. The highest BCUT2D eigenvalue weighted by Crippen LogP contribution is 2.25. The molecule has 1 aliphatic carbocycles. The molecule has 0 heterocycles. The van der Waals surface area contributed by atoms with Crippen LogP contribution in [0.2, 0.25) is 0 Å². The summed E-state index contributed by atoms with van der Waals surface area (Å²) in [7, 11) is 0. The number of aliphatic hydroxyl groups is 1. The largest absolute Gasteiger partial charge is 0.392 e. The minimum Gasteiger partial charge on any atom is -0.392 e. The van der Waals surface area contributed by atoms with E-state index in [0.29, 0.717) is 0 Å². The summed E-state index contributed by atoms with van der Waals surface area (Å²) in [5, 5.41) is 9.43. The van der Waals surface area contributed by atoms with Crippen LogP contribution in [0.25, 0.3) is 0 Å². The number of fused-ring (bicyclic) bond motifs is 1. The summed E-state index contributed by atoms with van der Waals surface area (Å²) in [6.07, 6.45) is 1.55. The van der Waals surface area contributed by atoms with Crippen LogP contribution in [0.4, 0.5) is 0 Å². The number of aryl methyl sites for hydroxylation is 2. The SMILES string of the molecule is Cc1cc2c(cc1C)CC(O)C2. The molecule has 0 atom stereocenters. The molecule has 0 saturated carbocycles. The van der Waals surface area contributed by atoms with Gasteiger partial charge in [0.1, 0.15) is 0 Å². The van der Waals surface area contributed by atoms with Gasteiger partial charge in [0.25, 0.3) is 0 Å². The van der Waals surface area contributed by atoms with Crippen LogP contribution < -0.4 is 0 Å². The highest BCUT2D eigenvalue weighted by Gasteiger charge is 2.19. The quantitative estimate of drug-likeness (QED) is 0.616. The van der Waals surface area contributed by atoms with Crippen LogP contribution in [0, 0.1) is 13.8 Å².